The van der Waals surface area contributed by atoms with E-state index in [4.69, 9.17) is 4.74 Å². The van der Waals surface area contributed by atoms with Gasteiger partial charge in [0.1, 0.15) is 5.75 Å². The molecule has 2 nitrogen and oxygen atoms in total. The van der Waals surface area contributed by atoms with Gasteiger partial charge in [0.25, 0.3) is 0 Å². The van der Waals surface area contributed by atoms with Crippen molar-refractivity contribution in [2.45, 2.75) is 59.3 Å². The fourth-order valence-electron chi connectivity index (χ4n) is 3.45. The third kappa shape index (κ3) is 7.21. The molecule has 27 heavy (non-hydrogen) atoms. The maximum absolute atomic E-state index is 12.7. The van der Waals surface area contributed by atoms with Crippen LogP contribution in [-0.4, -0.2) is 12.9 Å². The molecule has 2 aromatic rings. The minimum absolute atomic E-state index is 0.0709. The van der Waals surface area contributed by atoms with E-state index in [0.717, 1.165) is 29.6 Å². The summed E-state index contributed by atoms with van der Waals surface area (Å²) in [5.41, 5.74) is 2.72. The number of aryl methyl sites for hydroxylation is 1. The Labute approximate surface area is 165 Å². The number of hydrogen-bond donors (Lipinski definition) is 0. The molecule has 2 rings (SSSR count). The van der Waals surface area contributed by atoms with Crippen molar-refractivity contribution >= 4 is 5.78 Å². The van der Waals surface area contributed by atoms with E-state index in [9.17, 15) is 4.79 Å². The van der Waals surface area contributed by atoms with E-state index >= 15 is 0 Å². The van der Waals surface area contributed by atoms with Crippen molar-refractivity contribution in [1.82, 2.24) is 0 Å². The molecule has 0 aliphatic rings. The second-order valence-electron chi connectivity index (χ2n) is 8.08. The smallest absolute Gasteiger partial charge is 0.193 e. The average Bonchev–Trinajstić information content (AvgIpc) is 2.67. The highest BCUT2D eigenvalue weighted by molar-refractivity contribution is 6.09. The number of hydrogen-bond acceptors (Lipinski definition) is 2. The highest BCUT2D eigenvalue weighted by atomic mass is 16.5. The van der Waals surface area contributed by atoms with Gasteiger partial charge in [-0.3, -0.25) is 4.79 Å². The standard InChI is InChI=1S/C25H34O2/c1-19(2)8-5-9-20(3)10-6-11-21-12-7-13-23(18-21)25(26)22-14-16-24(27-4)17-15-22/h7,12-20H,5-6,8-11H2,1-4H3/t20-/m1/s1. The van der Waals surface area contributed by atoms with E-state index in [1.165, 1.54) is 37.7 Å². The minimum Gasteiger partial charge on any atom is -0.497 e. The molecule has 0 N–H and O–H groups in total. The first-order valence-electron chi connectivity index (χ1n) is 10.3. The molecule has 0 heterocycles. The van der Waals surface area contributed by atoms with Gasteiger partial charge in [0.15, 0.2) is 5.78 Å². The molecule has 0 aromatic heterocycles. The van der Waals surface area contributed by atoms with Gasteiger partial charge >= 0.3 is 0 Å². The third-order valence-electron chi connectivity index (χ3n) is 5.18. The van der Waals surface area contributed by atoms with Crippen molar-refractivity contribution in [3.63, 3.8) is 0 Å². The molecule has 0 bridgehead atoms. The lowest BCUT2D eigenvalue weighted by atomic mass is 9.94. The largest absolute Gasteiger partial charge is 0.497 e. The van der Waals surface area contributed by atoms with Crippen molar-refractivity contribution in [3.8, 4) is 5.75 Å². The summed E-state index contributed by atoms with van der Waals surface area (Å²) in [6, 6.07) is 15.4. The van der Waals surface area contributed by atoms with E-state index in [0.29, 0.717) is 5.56 Å². The van der Waals surface area contributed by atoms with Crippen LogP contribution in [0.25, 0.3) is 0 Å². The van der Waals surface area contributed by atoms with E-state index in [1.807, 2.05) is 36.4 Å². The molecule has 0 spiro atoms. The summed E-state index contributed by atoms with van der Waals surface area (Å²) < 4.78 is 5.16. The Hall–Kier alpha value is -2.09. The van der Waals surface area contributed by atoms with Gasteiger partial charge in [-0.2, -0.15) is 0 Å². The quantitative estimate of drug-likeness (QED) is 0.413. The first-order chi connectivity index (χ1) is 13.0. The van der Waals surface area contributed by atoms with Crippen LogP contribution in [0.2, 0.25) is 0 Å². The zero-order valence-corrected chi connectivity index (χ0v) is 17.3. The Morgan fingerprint density at radius 2 is 1.59 bits per heavy atom. The first kappa shape index (κ1) is 21.2. The number of ether oxygens (including phenoxy) is 1. The van der Waals surface area contributed by atoms with Crippen molar-refractivity contribution in [2.75, 3.05) is 7.11 Å². The molecule has 0 radical (unpaired) electrons. The van der Waals surface area contributed by atoms with Crippen molar-refractivity contribution < 1.29 is 9.53 Å². The average molecular weight is 367 g/mol. The third-order valence-corrected chi connectivity index (χ3v) is 5.18. The Balaban J connectivity index is 1.86. The van der Waals surface area contributed by atoms with Crippen molar-refractivity contribution in [3.05, 3.63) is 65.2 Å². The first-order valence-corrected chi connectivity index (χ1v) is 10.3. The lowest BCUT2D eigenvalue weighted by Gasteiger charge is -2.12. The molecule has 0 saturated carbocycles. The van der Waals surface area contributed by atoms with Gasteiger partial charge < -0.3 is 4.74 Å². The maximum atomic E-state index is 12.7. The second kappa shape index (κ2) is 10.9. The fourth-order valence-corrected chi connectivity index (χ4v) is 3.45. The number of carbonyl (C=O) groups is 1. The van der Waals surface area contributed by atoms with Gasteiger partial charge in [-0.05, 0) is 60.6 Å². The second-order valence-corrected chi connectivity index (χ2v) is 8.08. The minimum atomic E-state index is 0.0709. The molecular formula is C25H34O2. The molecule has 146 valence electrons. The SMILES string of the molecule is COc1ccc(C(=O)c2cccc(CCC[C@H](C)CCCC(C)C)c2)cc1. The number of benzene rings is 2. The molecular weight excluding hydrogens is 332 g/mol. The van der Waals surface area contributed by atoms with Crippen LogP contribution in [-0.2, 0) is 6.42 Å². The van der Waals surface area contributed by atoms with Gasteiger partial charge in [-0.15, -0.1) is 0 Å². The lowest BCUT2D eigenvalue weighted by Crippen LogP contribution is -2.02. The molecule has 0 aliphatic heterocycles. The highest BCUT2D eigenvalue weighted by Gasteiger charge is 2.10. The molecule has 0 saturated heterocycles. The van der Waals surface area contributed by atoms with E-state index in [1.54, 1.807) is 7.11 Å². The predicted octanol–water partition coefficient (Wildman–Crippen LogP) is 6.71. The summed E-state index contributed by atoms with van der Waals surface area (Å²) in [5, 5.41) is 0. The van der Waals surface area contributed by atoms with Crippen LogP contribution in [0, 0.1) is 11.8 Å². The summed E-state index contributed by atoms with van der Waals surface area (Å²) in [7, 11) is 1.63. The molecule has 2 aromatic carbocycles. The predicted molar refractivity (Wildman–Crippen MR) is 114 cm³/mol. The number of methoxy groups -OCH3 is 1. The monoisotopic (exact) mass is 366 g/mol. The summed E-state index contributed by atoms with van der Waals surface area (Å²) >= 11 is 0. The summed E-state index contributed by atoms with van der Waals surface area (Å²) in [5.74, 6) is 2.43. The molecule has 1 atom stereocenters. The fraction of sp³-hybridized carbons (Fsp3) is 0.480. The van der Waals surface area contributed by atoms with Crippen LogP contribution in [0.1, 0.15) is 74.4 Å². The van der Waals surface area contributed by atoms with Crippen LogP contribution in [0.3, 0.4) is 0 Å². The zero-order valence-electron chi connectivity index (χ0n) is 17.3. The van der Waals surface area contributed by atoms with Gasteiger partial charge in [0.05, 0.1) is 7.11 Å². The Bertz CT molecular complexity index is 701. The number of ketones is 1. The van der Waals surface area contributed by atoms with Crippen molar-refractivity contribution in [1.29, 1.82) is 0 Å². The molecule has 0 unspecified atom stereocenters. The topological polar surface area (TPSA) is 26.3 Å². The Morgan fingerprint density at radius 3 is 2.26 bits per heavy atom. The van der Waals surface area contributed by atoms with Crippen LogP contribution >= 0.6 is 0 Å². The zero-order chi connectivity index (χ0) is 19.6. The molecule has 0 fully saturated rings. The Morgan fingerprint density at radius 1 is 0.889 bits per heavy atom. The normalized spacial score (nSPS) is 12.2. The molecule has 0 amide bonds. The summed E-state index contributed by atoms with van der Waals surface area (Å²) in [4.78, 5) is 12.7. The van der Waals surface area contributed by atoms with E-state index < -0.39 is 0 Å². The molecule has 0 aliphatic carbocycles. The number of rotatable bonds is 11. The van der Waals surface area contributed by atoms with Crippen LogP contribution < -0.4 is 4.74 Å². The van der Waals surface area contributed by atoms with Crippen LogP contribution in [0.5, 0.6) is 5.75 Å². The number of carbonyl (C=O) groups excluding carboxylic acids is 1. The summed E-state index contributed by atoms with van der Waals surface area (Å²) in [6.45, 7) is 6.96. The van der Waals surface area contributed by atoms with Gasteiger partial charge in [0, 0.05) is 11.1 Å². The lowest BCUT2D eigenvalue weighted by molar-refractivity contribution is 0.103. The Kier molecular flexibility index (Phi) is 8.57. The van der Waals surface area contributed by atoms with Gasteiger partial charge in [-0.25, -0.2) is 0 Å². The van der Waals surface area contributed by atoms with E-state index in [-0.39, 0.29) is 5.78 Å². The maximum Gasteiger partial charge on any atom is 0.193 e. The van der Waals surface area contributed by atoms with Crippen LogP contribution in [0.4, 0.5) is 0 Å². The van der Waals surface area contributed by atoms with Gasteiger partial charge in [0.2, 0.25) is 0 Å². The van der Waals surface area contributed by atoms with Crippen LogP contribution in [0.15, 0.2) is 48.5 Å². The van der Waals surface area contributed by atoms with Gasteiger partial charge in [-0.1, -0.05) is 64.7 Å². The highest BCUT2D eigenvalue weighted by Crippen LogP contribution is 2.20. The van der Waals surface area contributed by atoms with Crippen molar-refractivity contribution in [2.24, 2.45) is 11.8 Å². The van der Waals surface area contributed by atoms with E-state index in [2.05, 4.69) is 32.9 Å². The molecule has 2 heteroatoms. The summed E-state index contributed by atoms with van der Waals surface area (Å²) in [6.07, 6.45) is 7.48.